The van der Waals surface area contributed by atoms with E-state index in [2.05, 4.69) is 0 Å². The number of nitrogens with two attached hydrogens (primary N) is 1. The van der Waals surface area contributed by atoms with Gasteiger partial charge in [0.15, 0.2) is 0 Å². The van der Waals surface area contributed by atoms with Crippen molar-refractivity contribution in [1.82, 2.24) is 4.31 Å². The summed E-state index contributed by atoms with van der Waals surface area (Å²) in [6.45, 7) is 0.688. The molecule has 0 radical (unpaired) electrons. The molecule has 6 nitrogen and oxygen atoms in total. The second-order valence-corrected chi connectivity index (χ2v) is 8.44. The summed E-state index contributed by atoms with van der Waals surface area (Å²) in [6.07, 6.45) is 1.52. The van der Waals surface area contributed by atoms with Crippen molar-refractivity contribution in [3.63, 3.8) is 0 Å². The highest BCUT2D eigenvalue weighted by atomic mass is 32.2. The van der Waals surface area contributed by atoms with Crippen molar-refractivity contribution in [2.24, 2.45) is 5.73 Å². The topological polar surface area (TPSA) is 89.7 Å². The summed E-state index contributed by atoms with van der Waals surface area (Å²) in [7, 11) is -2.55. The first-order chi connectivity index (χ1) is 10.9. The van der Waals surface area contributed by atoms with Crippen LogP contribution in [0.1, 0.15) is 22.5 Å². The highest BCUT2D eigenvalue weighted by molar-refractivity contribution is 7.89. The van der Waals surface area contributed by atoms with Crippen LogP contribution in [0.3, 0.4) is 0 Å². The van der Waals surface area contributed by atoms with E-state index in [4.69, 9.17) is 10.5 Å². The highest BCUT2D eigenvalue weighted by Gasteiger charge is 2.35. The number of hydrogen-bond acceptors (Lipinski definition) is 6. The van der Waals surface area contributed by atoms with Gasteiger partial charge in [0.1, 0.15) is 9.77 Å². The molecule has 0 saturated carbocycles. The quantitative estimate of drug-likeness (QED) is 0.849. The Kier molecular flexibility index (Phi) is 4.41. The number of sulfonamides is 1. The number of carbonyl (C=O) groups is 1. The molecule has 1 atom stereocenters. The molecule has 1 unspecified atom stereocenters. The summed E-state index contributed by atoms with van der Waals surface area (Å²) < 4.78 is 33.1. The van der Waals surface area contributed by atoms with Gasteiger partial charge in [-0.1, -0.05) is 18.2 Å². The molecule has 0 amide bonds. The molecule has 1 aliphatic rings. The van der Waals surface area contributed by atoms with E-state index in [0.29, 0.717) is 11.9 Å². The average Bonchev–Trinajstić information content (AvgIpc) is 2.94. The summed E-state index contributed by atoms with van der Waals surface area (Å²) in [5.74, 6) is -0.633. The predicted octanol–water partition coefficient (Wildman–Crippen LogP) is 1.80. The molecule has 8 heteroatoms. The highest BCUT2D eigenvalue weighted by Crippen LogP contribution is 2.37. The molecular formula is C15H18N2O4S2. The second-order valence-electron chi connectivity index (χ2n) is 5.51. The van der Waals surface area contributed by atoms with Crippen molar-refractivity contribution >= 4 is 37.4 Å². The molecule has 1 saturated heterocycles. The summed E-state index contributed by atoms with van der Waals surface area (Å²) in [6, 6.07) is 6.91. The van der Waals surface area contributed by atoms with Crippen LogP contribution in [0.5, 0.6) is 0 Å². The molecule has 0 bridgehead atoms. The molecule has 1 fully saturated rings. The molecular weight excluding hydrogens is 336 g/mol. The van der Waals surface area contributed by atoms with Crippen LogP contribution in [-0.4, -0.2) is 44.9 Å². The maximum Gasteiger partial charge on any atom is 0.349 e. The standard InChI is InChI=1S/C15H18N2O4S2/c1-21-15(18)13-14(11-6-2-3-7-12(11)22-13)23(19,20)17-8-4-5-10(16)9-17/h2-3,6-7,10H,4-5,8-9,16H2,1H3. The number of nitrogens with zero attached hydrogens (tertiary/aromatic N) is 1. The predicted molar refractivity (Wildman–Crippen MR) is 89.1 cm³/mol. The second kappa shape index (κ2) is 6.20. The smallest absolute Gasteiger partial charge is 0.349 e. The Labute approximate surface area is 138 Å². The third-order valence-electron chi connectivity index (χ3n) is 3.94. The average molecular weight is 354 g/mol. The minimum Gasteiger partial charge on any atom is -0.465 e. The van der Waals surface area contributed by atoms with E-state index in [1.165, 1.54) is 11.4 Å². The molecule has 3 rings (SSSR count). The Hall–Kier alpha value is -1.48. The van der Waals surface area contributed by atoms with Gasteiger partial charge in [0.25, 0.3) is 0 Å². The molecule has 0 spiro atoms. The molecule has 23 heavy (non-hydrogen) atoms. The van der Waals surface area contributed by atoms with E-state index < -0.39 is 16.0 Å². The van der Waals surface area contributed by atoms with Gasteiger partial charge < -0.3 is 10.5 Å². The van der Waals surface area contributed by atoms with Crippen molar-refractivity contribution in [2.45, 2.75) is 23.8 Å². The maximum atomic E-state index is 13.1. The van der Waals surface area contributed by atoms with Crippen LogP contribution in [0.15, 0.2) is 29.2 Å². The lowest BCUT2D eigenvalue weighted by molar-refractivity contribution is 0.0602. The molecule has 2 N–H and O–H groups in total. The van der Waals surface area contributed by atoms with Crippen LogP contribution < -0.4 is 5.73 Å². The number of thiophene rings is 1. The Morgan fingerprint density at radius 1 is 1.39 bits per heavy atom. The number of hydrogen-bond donors (Lipinski definition) is 1. The first-order valence-electron chi connectivity index (χ1n) is 7.30. The Bertz CT molecular complexity index is 844. The minimum atomic E-state index is -3.80. The third kappa shape index (κ3) is 2.87. The summed E-state index contributed by atoms with van der Waals surface area (Å²) >= 11 is 1.14. The number of rotatable bonds is 3. The lowest BCUT2D eigenvalue weighted by Gasteiger charge is -2.29. The fourth-order valence-electron chi connectivity index (χ4n) is 2.83. The van der Waals surface area contributed by atoms with Crippen LogP contribution in [0.4, 0.5) is 0 Å². The molecule has 2 aromatic rings. The van der Waals surface area contributed by atoms with Crippen molar-refractivity contribution in [1.29, 1.82) is 0 Å². The first kappa shape index (κ1) is 16.4. The van der Waals surface area contributed by atoms with Gasteiger partial charge in [0, 0.05) is 29.2 Å². The zero-order valence-electron chi connectivity index (χ0n) is 12.7. The zero-order valence-corrected chi connectivity index (χ0v) is 14.3. The minimum absolute atomic E-state index is 0.0408. The maximum absolute atomic E-state index is 13.1. The van der Waals surface area contributed by atoms with Gasteiger partial charge in [-0.15, -0.1) is 11.3 Å². The van der Waals surface area contributed by atoms with E-state index in [1.54, 1.807) is 18.2 Å². The third-order valence-corrected chi connectivity index (χ3v) is 7.17. The molecule has 124 valence electrons. The number of ether oxygens (including phenoxy) is 1. The number of methoxy groups -OCH3 is 1. The van der Waals surface area contributed by atoms with Gasteiger partial charge >= 0.3 is 5.97 Å². The largest absolute Gasteiger partial charge is 0.465 e. The van der Waals surface area contributed by atoms with Gasteiger partial charge in [-0.25, -0.2) is 13.2 Å². The van der Waals surface area contributed by atoms with Crippen LogP contribution in [0, 0.1) is 0 Å². The fourth-order valence-corrected chi connectivity index (χ4v) is 6.14. The van der Waals surface area contributed by atoms with Crippen molar-refractivity contribution in [3.05, 3.63) is 29.1 Å². The van der Waals surface area contributed by atoms with E-state index in [0.717, 1.165) is 28.9 Å². The van der Waals surface area contributed by atoms with Gasteiger partial charge in [0.2, 0.25) is 10.0 Å². The van der Waals surface area contributed by atoms with Crippen LogP contribution in [0.25, 0.3) is 10.1 Å². The Morgan fingerprint density at radius 2 is 2.13 bits per heavy atom. The van der Waals surface area contributed by atoms with E-state index in [9.17, 15) is 13.2 Å². The van der Waals surface area contributed by atoms with E-state index in [1.807, 2.05) is 6.07 Å². The Morgan fingerprint density at radius 3 is 2.83 bits per heavy atom. The fraction of sp³-hybridized carbons (Fsp3) is 0.400. The van der Waals surface area contributed by atoms with E-state index in [-0.39, 0.29) is 22.4 Å². The van der Waals surface area contributed by atoms with Gasteiger partial charge in [-0.2, -0.15) is 4.31 Å². The monoisotopic (exact) mass is 354 g/mol. The SMILES string of the molecule is COC(=O)c1sc2ccccc2c1S(=O)(=O)N1CCCC(N)C1. The molecule has 1 aliphatic heterocycles. The number of fused-ring (bicyclic) bond motifs is 1. The summed E-state index contributed by atoms with van der Waals surface area (Å²) in [5, 5.41) is 0.553. The van der Waals surface area contributed by atoms with Crippen LogP contribution in [-0.2, 0) is 14.8 Å². The van der Waals surface area contributed by atoms with Crippen molar-refractivity contribution in [2.75, 3.05) is 20.2 Å². The molecule has 2 heterocycles. The normalized spacial score (nSPS) is 19.8. The van der Waals surface area contributed by atoms with Crippen molar-refractivity contribution < 1.29 is 17.9 Å². The van der Waals surface area contributed by atoms with Gasteiger partial charge in [-0.3, -0.25) is 0 Å². The zero-order chi connectivity index (χ0) is 16.6. The lowest BCUT2D eigenvalue weighted by atomic mass is 10.1. The van der Waals surface area contributed by atoms with Crippen molar-refractivity contribution in [3.8, 4) is 0 Å². The number of esters is 1. The molecule has 1 aromatic heterocycles. The number of carbonyl (C=O) groups excluding carboxylic acids is 1. The summed E-state index contributed by atoms with van der Waals surface area (Å²) in [5.41, 5.74) is 5.92. The number of benzene rings is 1. The molecule has 0 aliphatic carbocycles. The van der Waals surface area contributed by atoms with Gasteiger partial charge in [0.05, 0.1) is 7.11 Å². The van der Waals surface area contributed by atoms with E-state index >= 15 is 0 Å². The van der Waals surface area contributed by atoms with Crippen LogP contribution in [0.2, 0.25) is 0 Å². The van der Waals surface area contributed by atoms with Crippen LogP contribution >= 0.6 is 11.3 Å². The van der Waals surface area contributed by atoms with Gasteiger partial charge in [-0.05, 0) is 18.9 Å². The number of piperidine rings is 1. The lowest BCUT2D eigenvalue weighted by Crippen LogP contribution is -2.45. The molecule has 1 aromatic carbocycles. The summed E-state index contributed by atoms with van der Waals surface area (Å²) in [4.78, 5) is 12.2. The first-order valence-corrected chi connectivity index (χ1v) is 9.56. The Balaban J connectivity index is 2.19.